The van der Waals surface area contributed by atoms with Crippen LogP contribution in [0.2, 0.25) is 0 Å². The number of hydrogen-bond acceptors (Lipinski definition) is 2. The van der Waals surface area contributed by atoms with Gasteiger partial charge in [0.1, 0.15) is 5.75 Å². The van der Waals surface area contributed by atoms with Gasteiger partial charge in [-0.25, -0.2) is 0 Å². The van der Waals surface area contributed by atoms with Crippen molar-refractivity contribution in [2.24, 2.45) is 0 Å². The molecule has 0 radical (unpaired) electrons. The molecule has 0 fully saturated rings. The predicted molar refractivity (Wildman–Crippen MR) is 76.5 cm³/mol. The summed E-state index contributed by atoms with van der Waals surface area (Å²) in [5.41, 5.74) is 4.85. The molecule has 2 heteroatoms. The number of benzene rings is 2. The Bertz CT molecular complexity index is 792. The Labute approximate surface area is 111 Å². The van der Waals surface area contributed by atoms with E-state index in [0.717, 1.165) is 23.4 Å². The molecule has 3 aromatic rings. The van der Waals surface area contributed by atoms with E-state index in [-0.39, 0.29) is 0 Å². The van der Waals surface area contributed by atoms with Crippen molar-refractivity contribution in [3.05, 3.63) is 59.8 Å². The van der Waals surface area contributed by atoms with E-state index in [1.807, 2.05) is 18.3 Å². The van der Waals surface area contributed by atoms with Gasteiger partial charge in [-0.2, -0.15) is 0 Å². The maximum atomic E-state index is 5.49. The summed E-state index contributed by atoms with van der Waals surface area (Å²) in [5, 5.41) is 2.50. The average molecular weight is 247 g/mol. The Kier molecular flexibility index (Phi) is 2.12. The first kappa shape index (κ1) is 10.6. The molecule has 0 N–H and O–H groups in total. The van der Waals surface area contributed by atoms with Gasteiger partial charge in [0, 0.05) is 23.6 Å². The Hall–Kier alpha value is -2.35. The molecule has 0 aliphatic heterocycles. The Morgan fingerprint density at radius 2 is 1.95 bits per heavy atom. The van der Waals surface area contributed by atoms with Gasteiger partial charge >= 0.3 is 0 Å². The zero-order valence-corrected chi connectivity index (χ0v) is 10.7. The van der Waals surface area contributed by atoms with Crippen LogP contribution in [0.15, 0.2) is 48.7 Å². The van der Waals surface area contributed by atoms with E-state index >= 15 is 0 Å². The molecular weight excluding hydrogens is 234 g/mol. The second-order valence-electron chi connectivity index (χ2n) is 4.84. The third-order valence-electron chi connectivity index (χ3n) is 3.84. The van der Waals surface area contributed by atoms with Crippen molar-refractivity contribution in [3.8, 4) is 17.0 Å². The largest absolute Gasteiger partial charge is 0.496 e. The van der Waals surface area contributed by atoms with Crippen molar-refractivity contribution < 1.29 is 4.74 Å². The number of fused-ring (bicyclic) bond motifs is 5. The summed E-state index contributed by atoms with van der Waals surface area (Å²) in [6, 6.07) is 14.6. The van der Waals surface area contributed by atoms with Crippen LogP contribution in [-0.2, 0) is 6.42 Å². The fraction of sp³-hybridized carbons (Fsp3) is 0.118. The Morgan fingerprint density at radius 3 is 2.84 bits per heavy atom. The lowest BCUT2D eigenvalue weighted by molar-refractivity contribution is 0.416. The summed E-state index contributed by atoms with van der Waals surface area (Å²) in [6.07, 6.45) is 2.89. The van der Waals surface area contributed by atoms with E-state index in [9.17, 15) is 0 Å². The van der Waals surface area contributed by atoms with E-state index in [0.29, 0.717) is 0 Å². The van der Waals surface area contributed by atoms with Gasteiger partial charge in [-0.15, -0.1) is 0 Å². The summed E-state index contributed by atoms with van der Waals surface area (Å²) >= 11 is 0. The highest BCUT2D eigenvalue weighted by Gasteiger charge is 2.24. The molecule has 1 aromatic heterocycles. The summed E-state index contributed by atoms with van der Waals surface area (Å²) in [4.78, 5) is 4.66. The minimum Gasteiger partial charge on any atom is -0.496 e. The maximum Gasteiger partial charge on any atom is 0.128 e. The van der Waals surface area contributed by atoms with Gasteiger partial charge in [0.25, 0.3) is 0 Å². The monoisotopic (exact) mass is 247 g/mol. The summed E-state index contributed by atoms with van der Waals surface area (Å²) < 4.78 is 5.49. The maximum absolute atomic E-state index is 5.49. The van der Waals surface area contributed by atoms with E-state index in [2.05, 4.69) is 35.3 Å². The standard InChI is InChI=1S/C17H13NO/c1-19-15-8-4-6-11-9-14-13-7-3-2-5-12(13)10-18-17(14)16(11)15/h2-8,10H,9H2,1H3. The molecule has 0 spiro atoms. The molecule has 19 heavy (non-hydrogen) atoms. The smallest absolute Gasteiger partial charge is 0.128 e. The van der Waals surface area contributed by atoms with Crippen LogP contribution < -0.4 is 4.74 Å². The van der Waals surface area contributed by atoms with Crippen LogP contribution in [0.3, 0.4) is 0 Å². The molecule has 0 saturated carbocycles. The van der Waals surface area contributed by atoms with Gasteiger partial charge in [-0.1, -0.05) is 36.4 Å². The topological polar surface area (TPSA) is 22.1 Å². The van der Waals surface area contributed by atoms with Crippen LogP contribution in [0.25, 0.3) is 22.0 Å². The first-order chi connectivity index (χ1) is 9.38. The number of aromatic nitrogens is 1. The van der Waals surface area contributed by atoms with E-state index in [4.69, 9.17) is 4.74 Å². The normalized spacial score (nSPS) is 12.3. The first-order valence-electron chi connectivity index (χ1n) is 6.41. The number of methoxy groups -OCH3 is 1. The number of hydrogen-bond donors (Lipinski definition) is 0. The molecule has 1 heterocycles. The lowest BCUT2D eigenvalue weighted by Crippen LogP contribution is -1.90. The van der Waals surface area contributed by atoms with Crippen molar-refractivity contribution in [1.82, 2.24) is 4.98 Å². The summed E-state index contributed by atoms with van der Waals surface area (Å²) in [7, 11) is 1.72. The van der Waals surface area contributed by atoms with Gasteiger partial charge in [0.05, 0.1) is 12.8 Å². The van der Waals surface area contributed by atoms with Crippen LogP contribution in [0.5, 0.6) is 5.75 Å². The third kappa shape index (κ3) is 1.40. The van der Waals surface area contributed by atoms with Crippen molar-refractivity contribution in [3.63, 3.8) is 0 Å². The summed E-state index contributed by atoms with van der Waals surface area (Å²) in [5.74, 6) is 0.916. The second kappa shape index (κ2) is 3.82. The lowest BCUT2D eigenvalue weighted by atomic mass is 10.0. The highest BCUT2D eigenvalue weighted by atomic mass is 16.5. The van der Waals surface area contributed by atoms with Crippen LogP contribution in [0.1, 0.15) is 11.1 Å². The number of rotatable bonds is 1. The van der Waals surface area contributed by atoms with Crippen molar-refractivity contribution in [2.45, 2.75) is 6.42 Å². The average Bonchev–Trinajstić information content (AvgIpc) is 2.86. The quantitative estimate of drug-likeness (QED) is 0.510. The second-order valence-corrected chi connectivity index (χ2v) is 4.84. The van der Waals surface area contributed by atoms with Crippen LogP contribution >= 0.6 is 0 Å². The van der Waals surface area contributed by atoms with Crippen molar-refractivity contribution in [1.29, 1.82) is 0 Å². The van der Waals surface area contributed by atoms with Crippen LogP contribution in [-0.4, -0.2) is 12.1 Å². The van der Waals surface area contributed by atoms with Crippen molar-refractivity contribution in [2.75, 3.05) is 7.11 Å². The van der Waals surface area contributed by atoms with Crippen molar-refractivity contribution >= 4 is 10.8 Å². The molecule has 0 atom stereocenters. The molecule has 2 nitrogen and oxygen atoms in total. The number of ether oxygens (including phenoxy) is 1. The first-order valence-corrected chi connectivity index (χ1v) is 6.41. The van der Waals surface area contributed by atoms with Gasteiger partial charge < -0.3 is 4.74 Å². The molecule has 0 unspecified atom stereocenters. The minimum absolute atomic E-state index is 0.916. The molecule has 4 rings (SSSR count). The molecule has 0 saturated heterocycles. The molecule has 92 valence electrons. The molecular formula is C17H13NO. The third-order valence-corrected chi connectivity index (χ3v) is 3.84. The van der Waals surface area contributed by atoms with Gasteiger partial charge in [0.2, 0.25) is 0 Å². The minimum atomic E-state index is 0.916. The SMILES string of the molecule is COc1cccc2c1-c1ncc3ccccc3c1C2. The highest BCUT2D eigenvalue weighted by molar-refractivity contribution is 5.94. The predicted octanol–water partition coefficient (Wildman–Crippen LogP) is 3.81. The van der Waals surface area contributed by atoms with E-state index < -0.39 is 0 Å². The Balaban J connectivity index is 2.08. The molecule has 0 bridgehead atoms. The fourth-order valence-corrected chi connectivity index (χ4v) is 2.97. The lowest BCUT2D eigenvalue weighted by Gasteiger charge is -2.07. The fourth-order valence-electron chi connectivity index (χ4n) is 2.97. The highest BCUT2D eigenvalue weighted by Crippen LogP contribution is 2.43. The molecule has 2 aromatic carbocycles. The molecule has 0 amide bonds. The van der Waals surface area contributed by atoms with E-state index in [1.165, 1.54) is 21.9 Å². The molecule has 1 aliphatic carbocycles. The van der Waals surface area contributed by atoms with Gasteiger partial charge in [-0.05, 0) is 22.6 Å². The number of pyridine rings is 1. The Morgan fingerprint density at radius 1 is 1.05 bits per heavy atom. The number of nitrogens with zero attached hydrogens (tertiary/aromatic N) is 1. The van der Waals surface area contributed by atoms with Crippen LogP contribution in [0.4, 0.5) is 0 Å². The zero-order chi connectivity index (χ0) is 12.8. The summed E-state index contributed by atoms with van der Waals surface area (Å²) in [6.45, 7) is 0. The van der Waals surface area contributed by atoms with Crippen LogP contribution in [0, 0.1) is 0 Å². The van der Waals surface area contributed by atoms with E-state index in [1.54, 1.807) is 7.11 Å². The van der Waals surface area contributed by atoms with Gasteiger partial charge in [0.15, 0.2) is 0 Å². The van der Waals surface area contributed by atoms with Gasteiger partial charge in [-0.3, -0.25) is 4.98 Å². The zero-order valence-electron chi connectivity index (χ0n) is 10.7. The molecule has 1 aliphatic rings.